The van der Waals surface area contributed by atoms with Gasteiger partial charge < -0.3 is 5.11 Å². The van der Waals surface area contributed by atoms with Gasteiger partial charge in [0.15, 0.2) is 0 Å². The fourth-order valence-corrected chi connectivity index (χ4v) is 6.46. The van der Waals surface area contributed by atoms with Gasteiger partial charge >= 0.3 is 0 Å². The summed E-state index contributed by atoms with van der Waals surface area (Å²) in [6, 6.07) is 8.27. The lowest BCUT2D eigenvalue weighted by Gasteiger charge is -2.42. The lowest BCUT2D eigenvalue weighted by atomic mass is 9.86. The summed E-state index contributed by atoms with van der Waals surface area (Å²) < 4.78 is 0. The molecule has 3 aliphatic heterocycles. The molecule has 0 radical (unpaired) electrons. The van der Waals surface area contributed by atoms with Gasteiger partial charge in [0, 0.05) is 32.2 Å². The summed E-state index contributed by atoms with van der Waals surface area (Å²) in [5.74, 6) is 0.264. The van der Waals surface area contributed by atoms with Crippen LogP contribution in [-0.2, 0) is 4.79 Å². The van der Waals surface area contributed by atoms with E-state index in [2.05, 4.69) is 51.1 Å². The summed E-state index contributed by atoms with van der Waals surface area (Å²) in [5, 5.41) is 12.4. The molecule has 1 aromatic carbocycles. The molecule has 6 heteroatoms. The van der Waals surface area contributed by atoms with Crippen molar-refractivity contribution in [1.82, 2.24) is 20.2 Å². The third-order valence-corrected chi connectivity index (χ3v) is 8.14. The van der Waals surface area contributed by atoms with Crippen molar-refractivity contribution in [2.24, 2.45) is 5.92 Å². The van der Waals surface area contributed by atoms with Gasteiger partial charge in [-0.2, -0.15) is 0 Å². The van der Waals surface area contributed by atoms with Crippen LogP contribution in [0.5, 0.6) is 5.75 Å². The lowest BCUT2D eigenvalue weighted by molar-refractivity contribution is -0.128. The number of likely N-dealkylation sites (tertiary alicyclic amines) is 1. The van der Waals surface area contributed by atoms with Crippen LogP contribution in [0.15, 0.2) is 60.7 Å². The van der Waals surface area contributed by atoms with Crippen LogP contribution in [0.1, 0.15) is 63.0 Å². The van der Waals surface area contributed by atoms with Crippen LogP contribution < -0.4 is 5.43 Å². The van der Waals surface area contributed by atoms with Crippen molar-refractivity contribution in [3.8, 4) is 5.75 Å². The Bertz CT molecular complexity index is 965. The molecule has 0 saturated carbocycles. The second-order valence-corrected chi connectivity index (χ2v) is 10.5. The lowest BCUT2D eigenvalue weighted by Crippen LogP contribution is -2.46. The highest BCUT2D eigenvalue weighted by molar-refractivity contribution is 5.80. The number of fused-ring (bicyclic) bond motifs is 2. The molecule has 5 rings (SSSR count). The number of amides is 1. The number of allylic oxidation sites excluding steroid dienone is 1. The first kappa shape index (κ1) is 24.3. The van der Waals surface area contributed by atoms with Crippen molar-refractivity contribution in [2.45, 2.75) is 69.6 Å². The second-order valence-electron chi connectivity index (χ2n) is 10.5. The average molecular weight is 477 g/mol. The maximum atomic E-state index is 13.0. The monoisotopic (exact) mass is 476 g/mol. The zero-order chi connectivity index (χ0) is 24.2. The number of hydrogen-bond acceptors (Lipinski definition) is 5. The molecule has 3 fully saturated rings. The second kappa shape index (κ2) is 11.1. The van der Waals surface area contributed by atoms with Crippen molar-refractivity contribution in [3.05, 3.63) is 66.3 Å². The zero-order valence-corrected chi connectivity index (χ0v) is 20.8. The van der Waals surface area contributed by atoms with E-state index < -0.39 is 0 Å². The third-order valence-electron chi connectivity index (χ3n) is 8.14. The largest absolute Gasteiger partial charge is 0.508 e. The van der Waals surface area contributed by atoms with Crippen LogP contribution in [-0.4, -0.2) is 64.2 Å². The van der Waals surface area contributed by atoms with Crippen molar-refractivity contribution < 1.29 is 9.90 Å². The van der Waals surface area contributed by atoms with E-state index in [0.29, 0.717) is 24.4 Å². The first-order chi connectivity index (χ1) is 17.1. The first-order valence-electron chi connectivity index (χ1n) is 13.5. The molecule has 0 aromatic heterocycles. The molecule has 2 bridgehead atoms. The Morgan fingerprint density at radius 1 is 1.17 bits per heavy atom. The van der Waals surface area contributed by atoms with Gasteiger partial charge in [-0.3, -0.25) is 20.0 Å². The minimum atomic E-state index is -0.137. The average Bonchev–Trinajstić information content (AvgIpc) is 3.05. The molecule has 3 heterocycles. The van der Waals surface area contributed by atoms with E-state index in [4.69, 9.17) is 0 Å². The summed E-state index contributed by atoms with van der Waals surface area (Å²) in [5.41, 5.74) is 5.52. The molecule has 0 spiro atoms. The molecule has 35 heavy (non-hydrogen) atoms. The zero-order valence-electron chi connectivity index (χ0n) is 20.8. The van der Waals surface area contributed by atoms with Crippen LogP contribution >= 0.6 is 0 Å². The Labute approximate surface area is 209 Å². The number of benzene rings is 1. The topological polar surface area (TPSA) is 59.0 Å². The van der Waals surface area contributed by atoms with E-state index in [-0.39, 0.29) is 17.9 Å². The van der Waals surface area contributed by atoms with Gasteiger partial charge in [0.1, 0.15) is 5.75 Å². The van der Waals surface area contributed by atoms with E-state index in [1.54, 1.807) is 6.07 Å². The maximum absolute atomic E-state index is 13.0. The van der Waals surface area contributed by atoms with E-state index in [0.717, 1.165) is 51.0 Å². The summed E-state index contributed by atoms with van der Waals surface area (Å²) in [6.07, 6.45) is 18.0. The molecule has 1 aromatic rings. The Morgan fingerprint density at radius 3 is 2.71 bits per heavy atom. The Balaban J connectivity index is 1.36. The van der Waals surface area contributed by atoms with Gasteiger partial charge in [-0.25, -0.2) is 5.01 Å². The van der Waals surface area contributed by atoms with Crippen LogP contribution in [0.4, 0.5) is 0 Å². The Kier molecular flexibility index (Phi) is 7.71. The Hall–Kier alpha value is -2.41. The summed E-state index contributed by atoms with van der Waals surface area (Å²) >= 11 is 0. The summed E-state index contributed by atoms with van der Waals surface area (Å²) in [4.78, 5) is 18.2. The van der Waals surface area contributed by atoms with Crippen molar-refractivity contribution in [2.75, 3.05) is 26.2 Å². The number of rotatable bonds is 7. The van der Waals surface area contributed by atoms with Crippen LogP contribution in [0.2, 0.25) is 0 Å². The van der Waals surface area contributed by atoms with Crippen molar-refractivity contribution >= 4 is 5.91 Å². The fourth-order valence-electron chi connectivity index (χ4n) is 6.46. The predicted octanol–water partition coefficient (Wildman–Crippen LogP) is 4.53. The number of nitrogens with zero attached hydrogens (tertiary/aromatic N) is 3. The number of piperidine rings is 1. The molecule has 6 nitrogen and oxygen atoms in total. The predicted molar refractivity (Wildman–Crippen MR) is 139 cm³/mol. The van der Waals surface area contributed by atoms with E-state index in [1.807, 2.05) is 18.2 Å². The van der Waals surface area contributed by atoms with E-state index in [9.17, 15) is 9.90 Å². The smallest absolute Gasteiger partial charge is 0.241 e. The van der Waals surface area contributed by atoms with Crippen LogP contribution in [0.25, 0.3) is 0 Å². The number of hydrazine groups is 1. The summed E-state index contributed by atoms with van der Waals surface area (Å²) in [7, 11) is 0. The van der Waals surface area contributed by atoms with Gasteiger partial charge in [0.25, 0.3) is 0 Å². The third kappa shape index (κ3) is 5.40. The van der Waals surface area contributed by atoms with E-state index in [1.165, 1.54) is 31.3 Å². The molecular formula is C29H40N4O2. The first-order valence-corrected chi connectivity index (χ1v) is 13.5. The SMILES string of the molecule is C=CCN1CC2CCCC1N2C(C1=CCC(C(=O)NN2CCCCCC2)C=C1)c1cccc(O)c1. The molecule has 2 N–H and O–H groups in total. The minimum Gasteiger partial charge on any atom is -0.508 e. The van der Waals surface area contributed by atoms with Gasteiger partial charge in [0.05, 0.1) is 18.1 Å². The summed E-state index contributed by atoms with van der Waals surface area (Å²) in [6.45, 7) is 7.84. The number of hydrogen-bond donors (Lipinski definition) is 2. The maximum Gasteiger partial charge on any atom is 0.241 e. The molecule has 1 aliphatic carbocycles. The van der Waals surface area contributed by atoms with Crippen LogP contribution in [0, 0.1) is 5.92 Å². The van der Waals surface area contributed by atoms with Gasteiger partial charge in [0.2, 0.25) is 5.91 Å². The fraction of sp³-hybridized carbons (Fsp3) is 0.552. The Morgan fingerprint density at radius 2 is 2.00 bits per heavy atom. The molecule has 3 saturated heterocycles. The molecule has 188 valence electrons. The van der Waals surface area contributed by atoms with Crippen molar-refractivity contribution in [1.29, 1.82) is 0 Å². The normalized spacial score (nSPS) is 28.8. The van der Waals surface area contributed by atoms with E-state index >= 15 is 0 Å². The van der Waals surface area contributed by atoms with Gasteiger partial charge in [-0.15, -0.1) is 6.58 Å². The number of aromatic hydroxyl groups is 1. The molecule has 4 atom stereocenters. The number of phenolic OH excluding ortho intramolecular Hbond substituents is 1. The number of carbonyl (C=O) groups is 1. The minimum absolute atomic E-state index is 0.0677. The quantitative estimate of drug-likeness (QED) is 0.567. The molecule has 4 aliphatic rings. The number of phenols is 1. The van der Waals surface area contributed by atoms with Crippen LogP contribution in [0.3, 0.4) is 0 Å². The standard InChI is InChI=1S/C29H40N4O2/c1-2-17-31-21-25-10-8-12-27(31)33(25)28(24-9-7-11-26(34)20-24)22-13-15-23(16-14-22)29(35)30-32-18-5-3-4-6-19-32/h2,7,9,11,13-15,20,23,25,27-28,34H,1,3-6,8,10,12,16-19,21H2,(H,30,35). The molecule has 1 amide bonds. The highest BCUT2D eigenvalue weighted by atomic mass is 16.3. The molecule has 4 unspecified atom stereocenters. The highest BCUT2D eigenvalue weighted by Gasteiger charge is 2.46. The molecular weight excluding hydrogens is 436 g/mol. The van der Waals surface area contributed by atoms with Crippen molar-refractivity contribution in [3.63, 3.8) is 0 Å². The van der Waals surface area contributed by atoms with Gasteiger partial charge in [-0.1, -0.05) is 49.3 Å². The van der Waals surface area contributed by atoms with Gasteiger partial charge in [-0.05, 0) is 61.8 Å². The number of carbonyl (C=O) groups excluding carboxylic acids is 1. The number of nitrogens with one attached hydrogen (secondary N) is 1. The highest BCUT2D eigenvalue weighted by Crippen LogP contribution is 2.44.